The topological polar surface area (TPSA) is 123 Å². The van der Waals surface area contributed by atoms with Gasteiger partial charge in [0, 0.05) is 24.4 Å². The number of nitrogens with two attached hydrogens (primary N) is 1. The van der Waals surface area contributed by atoms with Crippen molar-refractivity contribution >= 4 is 11.8 Å². The smallest absolute Gasteiger partial charge is 0.243 e. The zero-order chi connectivity index (χ0) is 28.7. The summed E-state index contributed by atoms with van der Waals surface area (Å²) < 4.78 is 1.94. The molecule has 0 aliphatic heterocycles. The predicted octanol–water partition coefficient (Wildman–Crippen LogP) is 4.86. The first-order chi connectivity index (χ1) is 19.1. The molecule has 2 amide bonds. The van der Waals surface area contributed by atoms with Gasteiger partial charge in [0.1, 0.15) is 5.75 Å². The third kappa shape index (κ3) is 7.64. The van der Waals surface area contributed by atoms with Gasteiger partial charge in [0.2, 0.25) is 11.8 Å². The van der Waals surface area contributed by atoms with Gasteiger partial charge in [0.25, 0.3) is 0 Å². The summed E-state index contributed by atoms with van der Waals surface area (Å²) in [5.41, 5.74) is 11.9. The number of imide groups is 1. The number of hydrogen-bond acceptors (Lipinski definition) is 6. The highest BCUT2D eigenvalue weighted by Gasteiger charge is 2.18. The van der Waals surface area contributed by atoms with Gasteiger partial charge in [-0.15, -0.1) is 0 Å². The molecule has 1 atom stereocenters. The van der Waals surface area contributed by atoms with Crippen LogP contribution in [0.2, 0.25) is 0 Å². The highest BCUT2D eigenvalue weighted by atomic mass is 16.3. The Bertz CT molecular complexity index is 1420. The van der Waals surface area contributed by atoms with Gasteiger partial charge < -0.3 is 10.8 Å². The van der Waals surface area contributed by atoms with Crippen molar-refractivity contribution in [1.29, 1.82) is 0 Å². The third-order valence-electron chi connectivity index (χ3n) is 6.77. The van der Waals surface area contributed by atoms with E-state index >= 15 is 0 Å². The number of aryl methyl sites for hydroxylation is 1. The number of unbranched alkanes of at least 4 members (excludes halogenated alkanes) is 1. The molecule has 2 aromatic carbocycles. The van der Waals surface area contributed by atoms with Crippen molar-refractivity contribution in [3.05, 3.63) is 95.9 Å². The second kappa shape index (κ2) is 12.7. The first-order valence-corrected chi connectivity index (χ1v) is 13.6. The molecular weight excluding hydrogens is 502 g/mol. The van der Waals surface area contributed by atoms with Crippen LogP contribution in [0.3, 0.4) is 0 Å². The normalized spacial score (nSPS) is 12.2. The second-order valence-electron chi connectivity index (χ2n) is 11.1. The number of nitrogens with one attached hydrogen (secondary N) is 1. The van der Waals surface area contributed by atoms with E-state index in [0.717, 1.165) is 34.6 Å². The van der Waals surface area contributed by atoms with Crippen LogP contribution in [0.1, 0.15) is 56.9 Å². The van der Waals surface area contributed by atoms with E-state index < -0.39 is 11.9 Å². The van der Waals surface area contributed by atoms with Crippen molar-refractivity contribution in [2.45, 2.75) is 64.3 Å². The minimum Gasteiger partial charge on any atom is -0.508 e. The van der Waals surface area contributed by atoms with Crippen LogP contribution in [0, 0.1) is 0 Å². The third-order valence-corrected chi connectivity index (χ3v) is 6.77. The maximum absolute atomic E-state index is 12.3. The molecule has 40 heavy (non-hydrogen) atoms. The van der Waals surface area contributed by atoms with E-state index in [2.05, 4.69) is 61.4 Å². The maximum atomic E-state index is 12.3. The van der Waals surface area contributed by atoms with E-state index in [1.165, 1.54) is 17.7 Å². The molecule has 4 N–H and O–H groups in total. The van der Waals surface area contributed by atoms with Crippen LogP contribution in [-0.2, 0) is 27.8 Å². The number of aromatic hydroxyl groups is 1. The van der Waals surface area contributed by atoms with Gasteiger partial charge in [-0.2, -0.15) is 5.10 Å². The van der Waals surface area contributed by atoms with Crippen LogP contribution in [-0.4, -0.2) is 37.7 Å². The number of pyridine rings is 1. The summed E-state index contributed by atoms with van der Waals surface area (Å²) in [4.78, 5) is 29.0. The fourth-order valence-corrected chi connectivity index (χ4v) is 4.43. The van der Waals surface area contributed by atoms with E-state index in [0.29, 0.717) is 12.8 Å². The number of hydrogen-bond donors (Lipinski definition) is 3. The first-order valence-electron chi connectivity index (χ1n) is 13.6. The van der Waals surface area contributed by atoms with E-state index in [-0.39, 0.29) is 29.9 Å². The van der Waals surface area contributed by atoms with Crippen LogP contribution in [0.4, 0.5) is 0 Å². The summed E-state index contributed by atoms with van der Waals surface area (Å²) >= 11 is 0. The lowest BCUT2D eigenvalue weighted by molar-refractivity contribution is -0.131. The first kappa shape index (κ1) is 28.7. The Morgan fingerprint density at radius 3 is 2.40 bits per heavy atom. The van der Waals surface area contributed by atoms with Crippen molar-refractivity contribution < 1.29 is 14.7 Å². The number of phenolic OH excluding ortho intramolecular Hbond substituents is 1. The number of benzene rings is 2. The van der Waals surface area contributed by atoms with Crippen LogP contribution in [0.25, 0.3) is 16.9 Å². The SMILES string of the molecule is CC(C)(C)c1ccc(-n2nc(CCCCC(=O)NC(=O)[C@@H](N)Cc3ccc(O)cc3)cc2-c2cccnc2)cc1. The minimum atomic E-state index is -0.846. The van der Waals surface area contributed by atoms with Gasteiger partial charge in [-0.1, -0.05) is 45.0 Å². The fourth-order valence-electron chi connectivity index (χ4n) is 4.43. The lowest BCUT2D eigenvalue weighted by Crippen LogP contribution is -2.44. The molecule has 0 unspecified atom stereocenters. The van der Waals surface area contributed by atoms with Gasteiger partial charge in [-0.05, 0) is 84.7 Å². The lowest BCUT2D eigenvalue weighted by atomic mass is 9.87. The number of carbonyl (C=O) groups is 2. The molecule has 208 valence electrons. The number of aromatic nitrogens is 3. The van der Waals surface area contributed by atoms with Crippen molar-refractivity contribution in [3.8, 4) is 22.7 Å². The van der Waals surface area contributed by atoms with Gasteiger partial charge in [0.15, 0.2) is 0 Å². The molecule has 2 heterocycles. The zero-order valence-corrected chi connectivity index (χ0v) is 23.3. The van der Waals surface area contributed by atoms with E-state index in [9.17, 15) is 14.7 Å². The number of rotatable bonds is 10. The predicted molar refractivity (Wildman–Crippen MR) is 156 cm³/mol. The molecule has 0 aliphatic rings. The second-order valence-corrected chi connectivity index (χ2v) is 11.1. The number of nitrogens with zero attached hydrogens (tertiary/aromatic N) is 3. The molecule has 8 nitrogen and oxygen atoms in total. The molecule has 2 aromatic heterocycles. The average Bonchev–Trinajstić information content (AvgIpc) is 3.36. The van der Waals surface area contributed by atoms with Crippen molar-refractivity contribution in [2.24, 2.45) is 5.73 Å². The van der Waals surface area contributed by atoms with Crippen LogP contribution >= 0.6 is 0 Å². The highest BCUT2D eigenvalue weighted by molar-refractivity contribution is 5.97. The number of amides is 2. The number of carbonyl (C=O) groups excluding carboxylic acids is 2. The average molecular weight is 540 g/mol. The van der Waals surface area contributed by atoms with Crippen LogP contribution < -0.4 is 11.1 Å². The largest absolute Gasteiger partial charge is 0.508 e. The Labute approximate surface area is 235 Å². The molecular formula is C32H37N5O3. The maximum Gasteiger partial charge on any atom is 0.243 e. The van der Waals surface area contributed by atoms with Crippen molar-refractivity contribution in [1.82, 2.24) is 20.1 Å². The Morgan fingerprint density at radius 1 is 1.02 bits per heavy atom. The summed E-state index contributed by atoms with van der Waals surface area (Å²) in [6, 6.07) is 20.1. The molecule has 0 radical (unpaired) electrons. The van der Waals surface area contributed by atoms with Gasteiger partial charge in [-0.25, -0.2) is 4.68 Å². The summed E-state index contributed by atoms with van der Waals surface area (Å²) in [5.74, 6) is -0.700. The van der Waals surface area contributed by atoms with E-state index in [1.54, 1.807) is 18.3 Å². The molecule has 0 saturated heterocycles. The van der Waals surface area contributed by atoms with E-state index in [4.69, 9.17) is 10.8 Å². The van der Waals surface area contributed by atoms with Crippen LogP contribution in [0.5, 0.6) is 5.75 Å². The monoisotopic (exact) mass is 539 g/mol. The molecule has 4 rings (SSSR count). The molecule has 0 spiro atoms. The number of phenols is 1. The molecule has 0 saturated carbocycles. The molecule has 0 aliphatic carbocycles. The highest BCUT2D eigenvalue weighted by Crippen LogP contribution is 2.27. The Kier molecular flexibility index (Phi) is 9.11. The quantitative estimate of drug-likeness (QED) is 0.247. The summed E-state index contributed by atoms with van der Waals surface area (Å²) in [6.45, 7) is 6.58. The van der Waals surface area contributed by atoms with E-state index in [1.807, 2.05) is 23.0 Å². The fraction of sp³-hybridized carbons (Fsp3) is 0.312. The molecule has 0 fully saturated rings. The van der Waals surface area contributed by atoms with Crippen LogP contribution in [0.15, 0.2) is 79.1 Å². The Hall–Kier alpha value is -4.30. The molecule has 4 aromatic rings. The lowest BCUT2D eigenvalue weighted by Gasteiger charge is -2.19. The van der Waals surface area contributed by atoms with Crippen molar-refractivity contribution in [3.63, 3.8) is 0 Å². The summed E-state index contributed by atoms with van der Waals surface area (Å²) in [7, 11) is 0. The Morgan fingerprint density at radius 2 is 1.75 bits per heavy atom. The molecule has 0 bridgehead atoms. The van der Waals surface area contributed by atoms with Gasteiger partial charge >= 0.3 is 0 Å². The van der Waals surface area contributed by atoms with Gasteiger partial charge in [-0.3, -0.25) is 19.9 Å². The standard InChI is InChI=1S/C32H37N5O3/c1-32(2,3)24-12-14-26(15-13-24)37-29(23-7-6-18-34-21-23)20-25(36-37)8-4-5-9-30(39)35-31(40)28(33)19-22-10-16-27(38)17-11-22/h6-7,10-18,20-21,28,38H,4-5,8-9,19,33H2,1-3H3,(H,35,39,40)/t28-/m0/s1. The Balaban J connectivity index is 1.34. The summed E-state index contributed by atoms with van der Waals surface area (Å²) in [6.07, 6.45) is 6.13. The van der Waals surface area contributed by atoms with Gasteiger partial charge in [0.05, 0.1) is 23.1 Å². The summed E-state index contributed by atoms with van der Waals surface area (Å²) in [5, 5.41) is 16.7. The van der Waals surface area contributed by atoms with Crippen molar-refractivity contribution in [2.75, 3.05) is 0 Å². The zero-order valence-electron chi connectivity index (χ0n) is 23.3. The molecule has 8 heteroatoms. The minimum absolute atomic E-state index is 0.0642.